The maximum absolute atomic E-state index is 9.24. The van der Waals surface area contributed by atoms with Gasteiger partial charge in [-0.25, -0.2) is 0 Å². The Balaban J connectivity index is 1.38. The van der Waals surface area contributed by atoms with Gasteiger partial charge in [-0.15, -0.1) is 0 Å². The smallest absolute Gasteiger partial charge is 0.142 e. The van der Waals surface area contributed by atoms with Crippen LogP contribution in [-0.2, 0) is 26.3 Å². The molecule has 5 rings (SSSR count). The summed E-state index contributed by atoms with van der Waals surface area (Å²) in [6.45, 7) is 6.36. The van der Waals surface area contributed by atoms with E-state index in [-0.39, 0.29) is 6.61 Å². The molecule has 2 heterocycles. The van der Waals surface area contributed by atoms with Crippen molar-refractivity contribution in [1.29, 1.82) is 5.26 Å². The molecule has 5 aromatic rings. The fourth-order valence-corrected chi connectivity index (χ4v) is 5.84. The van der Waals surface area contributed by atoms with E-state index in [2.05, 4.69) is 83.2 Å². The van der Waals surface area contributed by atoms with E-state index in [4.69, 9.17) is 26.1 Å². The van der Waals surface area contributed by atoms with Gasteiger partial charge >= 0.3 is 0 Å². The minimum absolute atomic E-state index is 0.264. The Kier molecular flexibility index (Phi) is 10.9. The maximum Gasteiger partial charge on any atom is 0.142 e. The predicted octanol–water partition coefficient (Wildman–Crippen LogP) is 8.23. The minimum Gasteiger partial charge on any atom is -0.488 e. The summed E-state index contributed by atoms with van der Waals surface area (Å²) in [4.78, 5) is 13.0. The van der Waals surface area contributed by atoms with Crippen molar-refractivity contribution in [2.45, 2.75) is 40.2 Å². The summed E-state index contributed by atoms with van der Waals surface area (Å²) < 4.78 is 12.6. The largest absolute Gasteiger partial charge is 0.488 e. The lowest BCUT2D eigenvalue weighted by Crippen LogP contribution is -2.12. The first-order valence-electron chi connectivity index (χ1n) is 15.5. The third-order valence-electron chi connectivity index (χ3n) is 7.99. The second kappa shape index (κ2) is 15.2. The Morgan fingerprint density at radius 3 is 2.13 bits per heavy atom. The number of nitriles is 1. The second-order valence-corrected chi connectivity index (χ2v) is 12.7. The average molecular weight is 646 g/mol. The van der Waals surface area contributed by atoms with Gasteiger partial charge in [-0.2, -0.15) is 5.26 Å². The fourth-order valence-electron chi connectivity index (χ4n) is 5.60. The topological polar surface area (TPSA) is 74.5 Å². The Morgan fingerprint density at radius 1 is 0.723 bits per heavy atom. The van der Waals surface area contributed by atoms with Gasteiger partial charge in [-0.3, -0.25) is 9.97 Å². The zero-order chi connectivity index (χ0) is 33.5. The van der Waals surface area contributed by atoms with Gasteiger partial charge in [0.25, 0.3) is 0 Å². The van der Waals surface area contributed by atoms with Crippen LogP contribution in [0.25, 0.3) is 22.3 Å². The number of nitrogens with zero attached hydrogens (tertiary/aromatic N) is 5. The first kappa shape index (κ1) is 33.6. The minimum atomic E-state index is 0.264. The molecule has 0 atom stereocenters. The zero-order valence-electron chi connectivity index (χ0n) is 27.8. The Bertz CT molecular complexity index is 1900. The molecule has 3 aromatic carbocycles. The number of hydrogen-bond acceptors (Lipinski definition) is 7. The molecule has 240 valence electrons. The quantitative estimate of drug-likeness (QED) is 0.135. The summed E-state index contributed by atoms with van der Waals surface area (Å²) in [7, 11) is 8.08. The molecule has 0 unspecified atom stereocenters. The molecule has 0 aliphatic carbocycles. The van der Waals surface area contributed by atoms with E-state index in [1.165, 1.54) is 22.9 Å². The molecule has 47 heavy (non-hydrogen) atoms. The molecule has 0 saturated carbocycles. The number of rotatable bonds is 12. The molecular formula is C39H40ClN5O2. The Labute approximate surface area is 283 Å². The predicted molar refractivity (Wildman–Crippen MR) is 188 cm³/mol. The number of aromatic nitrogens is 2. The molecule has 0 fully saturated rings. The number of halogens is 1. The van der Waals surface area contributed by atoms with E-state index in [0.29, 0.717) is 35.2 Å². The summed E-state index contributed by atoms with van der Waals surface area (Å²) in [6, 6.07) is 24.7. The lowest BCUT2D eigenvalue weighted by Gasteiger charge is -2.19. The molecular weight excluding hydrogens is 606 g/mol. The van der Waals surface area contributed by atoms with Gasteiger partial charge in [0.05, 0.1) is 16.3 Å². The van der Waals surface area contributed by atoms with Crippen molar-refractivity contribution < 1.29 is 9.47 Å². The highest BCUT2D eigenvalue weighted by molar-refractivity contribution is 6.32. The number of hydrogen-bond donors (Lipinski definition) is 0. The molecule has 0 amide bonds. The standard InChI is InChI=1S/C39H40ClN5O2/c1-26-31(9-7-11-35(26)36-12-8-10-34(27(36)2)30-13-14-33(43-21-30)23-45(5)6)25-47-39-17-38(32(16-37(39)40)22-44(3)4)46-24-29-15-28(18-41)19-42-20-29/h7-17,19-21H,22-25H2,1-6H3. The normalized spacial score (nSPS) is 11.1. The van der Waals surface area contributed by atoms with Crippen LogP contribution in [0.15, 0.2) is 85.3 Å². The van der Waals surface area contributed by atoms with Gasteiger partial charge < -0.3 is 19.3 Å². The first-order valence-corrected chi connectivity index (χ1v) is 15.9. The summed E-state index contributed by atoms with van der Waals surface area (Å²) >= 11 is 6.75. The molecule has 0 aliphatic rings. The van der Waals surface area contributed by atoms with Crippen molar-refractivity contribution in [1.82, 2.24) is 19.8 Å². The molecule has 0 bridgehead atoms. The molecule has 2 aromatic heterocycles. The summed E-state index contributed by atoms with van der Waals surface area (Å²) in [5.74, 6) is 1.21. The van der Waals surface area contributed by atoms with Crippen LogP contribution in [0.5, 0.6) is 11.5 Å². The molecule has 7 nitrogen and oxygen atoms in total. The Morgan fingerprint density at radius 2 is 1.43 bits per heavy atom. The Hall–Kier alpha value is -4.74. The van der Waals surface area contributed by atoms with Crippen molar-refractivity contribution >= 4 is 11.6 Å². The summed E-state index contributed by atoms with van der Waals surface area (Å²) in [5, 5.41) is 9.76. The molecule has 0 spiro atoms. The molecule has 0 saturated heterocycles. The van der Waals surface area contributed by atoms with Gasteiger partial charge in [-0.05, 0) is 93.6 Å². The molecule has 0 aliphatic heterocycles. The van der Waals surface area contributed by atoms with Crippen molar-refractivity contribution in [3.8, 4) is 39.8 Å². The van der Waals surface area contributed by atoms with Crippen molar-refractivity contribution in [2.24, 2.45) is 0 Å². The van der Waals surface area contributed by atoms with Crippen LogP contribution in [0.1, 0.15) is 39.1 Å². The number of ether oxygens (including phenoxy) is 2. The van der Waals surface area contributed by atoms with Gasteiger partial charge in [0.15, 0.2) is 0 Å². The molecule has 8 heteroatoms. The van der Waals surface area contributed by atoms with Gasteiger partial charge in [-0.1, -0.05) is 54.1 Å². The number of benzene rings is 3. The SMILES string of the molecule is Cc1c(COc2cc(OCc3cncc(C#N)c3)c(CN(C)C)cc2Cl)cccc1-c1cccc(-c2ccc(CN(C)C)nc2)c1C. The van der Waals surface area contributed by atoms with Gasteiger partial charge in [0.1, 0.15) is 30.8 Å². The highest BCUT2D eigenvalue weighted by Crippen LogP contribution is 2.37. The lowest BCUT2D eigenvalue weighted by molar-refractivity contribution is 0.283. The van der Waals surface area contributed by atoms with Crippen LogP contribution in [0, 0.1) is 25.2 Å². The third-order valence-corrected chi connectivity index (χ3v) is 8.28. The third kappa shape index (κ3) is 8.35. The molecule has 0 N–H and O–H groups in total. The maximum atomic E-state index is 9.24. The van der Waals surface area contributed by atoms with Crippen LogP contribution in [-0.4, -0.2) is 48.0 Å². The average Bonchev–Trinajstić information content (AvgIpc) is 3.05. The van der Waals surface area contributed by atoms with E-state index in [1.807, 2.05) is 46.5 Å². The number of pyridine rings is 2. The van der Waals surface area contributed by atoms with E-state index >= 15 is 0 Å². The van der Waals surface area contributed by atoms with Crippen LogP contribution in [0.3, 0.4) is 0 Å². The van der Waals surface area contributed by atoms with Gasteiger partial charge in [0.2, 0.25) is 0 Å². The highest BCUT2D eigenvalue weighted by atomic mass is 35.5. The van der Waals surface area contributed by atoms with Crippen molar-refractivity contribution in [2.75, 3.05) is 28.2 Å². The molecule has 0 radical (unpaired) electrons. The summed E-state index contributed by atoms with van der Waals surface area (Å²) in [5.41, 5.74) is 11.3. The lowest BCUT2D eigenvalue weighted by atomic mass is 9.90. The fraction of sp³-hybridized carbons (Fsp3) is 0.256. The van der Waals surface area contributed by atoms with Crippen LogP contribution in [0.4, 0.5) is 0 Å². The highest BCUT2D eigenvalue weighted by Gasteiger charge is 2.16. The van der Waals surface area contributed by atoms with Gasteiger partial charge in [0, 0.05) is 54.4 Å². The second-order valence-electron chi connectivity index (χ2n) is 12.2. The first-order chi connectivity index (χ1) is 22.6. The van der Waals surface area contributed by atoms with E-state index < -0.39 is 0 Å². The van der Waals surface area contributed by atoms with E-state index in [0.717, 1.165) is 45.6 Å². The zero-order valence-corrected chi connectivity index (χ0v) is 28.6. The van der Waals surface area contributed by atoms with Crippen LogP contribution < -0.4 is 9.47 Å². The van der Waals surface area contributed by atoms with Crippen LogP contribution >= 0.6 is 11.6 Å². The monoisotopic (exact) mass is 645 g/mol. The van der Waals surface area contributed by atoms with E-state index in [9.17, 15) is 5.26 Å². The summed E-state index contributed by atoms with van der Waals surface area (Å²) in [6.07, 6.45) is 5.20. The van der Waals surface area contributed by atoms with Crippen molar-refractivity contribution in [3.05, 3.63) is 129 Å². The van der Waals surface area contributed by atoms with Crippen LogP contribution in [0.2, 0.25) is 5.02 Å². The van der Waals surface area contributed by atoms with Crippen molar-refractivity contribution in [3.63, 3.8) is 0 Å². The van der Waals surface area contributed by atoms with E-state index in [1.54, 1.807) is 12.3 Å².